The lowest BCUT2D eigenvalue weighted by Crippen LogP contribution is -2.31. The quantitative estimate of drug-likeness (QED) is 0.114. The predicted molar refractivity (Wildman–Crippen MR) is 234 cm³/mol. The summed E-state index contributed by atoms with van der Waals surface area (Å²) in [6.45, 7) is 5.59. The van der Waals surface area contributed by atoms with Crippen LogP contribution in [0.25, 0.3) is 72.3 Å². The van der Waals surface area contributed by atoms with Crippen molar-refractivity contribution in [2.24, 2.45) is 5.41 Å². The first-order chi connectivity index (χ1) is 33.3. The monoisotopic (exact) mass is 763 g/mol. The minimum absolute atomic E-state index is 0.140. The lowest BCUT2D eigenvalue weighted by atomic mass is 9.88. The maximum Gasteiger partial charge on any atom is 0.269 e. The second kappa shape index (κ2) is 14.3. The molecule has 0 aliphatic rings. The fourth-order valence-corrected chi connectivity index (χ4v) is 7.40. The molecule has 0 amide bonds. The molecule has 0 fully saturated rings. The number of hydrogen-bond donors (Lipinski definition) is 0. The van der Waals surface area contributed by atoms with Crippen molar-refractivity contribution in [3.63, 3.8) is 0 Å². The third-order valence-corrected chi connectivity index (χ3v) is 9.71. The van der Waals surface area contributed by atoms with Crippen LogP contribution in [0.15, 0.2) is 182 Å². The molecule has 6 nitrogen and oxygen atoms in total. The fraction of sp³-hybridized carbons (Fsp3) is 0.0962. The number of rotatable bonds is 8. The Hall–Kier alpha value is -7.31. The van der Waals surface area contributed by atoms with Gasteiger partial charge in [0.2, 0.25) is 0 Å². The maximum absolute atomic E-state index is 8.99. The molecule has 0 spiro atoms. The van der Waals surface area contributed by atoms with E-state index in [-0.39, 0.29) is 27.9 Å². The van der Waals surface area contributed by atoms with E-state index >= 15 is 0 Å². The van der Waals surface area contributed by atoms with Gasteiger partial charge in [-0.2, -0.15) is 0 Å². The number of para-hydroxylation sites is 3. The number of aromatic nitrogens is 5. The molecule has 4 aromatic heterocycles. The molecule has 0 aliphatic heterocycles. The summed E-state index contributed by atoms with van der Waals surface area (Å²) in [6, 6.07) is 25.1. The molecule has 0 saturated carbocycles. The van der Waals surface area contributed by atoms with Gasteiger partial charge in [-0.1, -0.05) is 130 Å². The summed E-state index contributed by atoms with van der Waals surface area (Å²) in [5, 5.41) is 1.84. The Morgan fingerprint density at radius 1 is 0.690 bits per heavy atom. The molecule has 0 unspecified atom stereocenters. The first-order valence-electron chi connectivity index (χ1n) is 24.7. The molecular formula is C52H41N5O. The maximum atomic E-state index is 8.99. The van der Waals surface area contributed by atoms with Crippen LogP contribution in [-0.4, -0.2) is 19.1 Å². The summed E-state index contributed by atoms with van der Waals surface area (Å²) in [4.78, 5) is 9.12. The van der Waals surface area contributed by atoms with Gasteiger partial charge in [-0.05, 0) is 88.1 Å². The average molecular weight is 764 g/mol. The van der Waals surface area contributed by atoms with Crippen molar-refractivity contribution in [2.45, 2.75) is 27.1 Å². The molecule has 6 aromatic carbocycles. The summed E-state index contributed by atoms with van der Waals surface area (Å²) in [7, 11) is 0. The Bertz CT molecular complexity index is 3660. The molecule has 0 N–H and O–H groups in total. The Kier molecular flexibility index (Phi) is 6.01. The highest BCUT2D eigenvalue weighted by molar-refractivity contribution is 6.09. The van der Waals surface area contributed by atoms with Crippen molar-refractivity contribution in [1.29, 1.82) is 0 Å². The highest BCUT2D eigenvalue weighted by Crippen LogP contribution is 2.37. The smallest absolute Gasteiger partial charge is 0.269 e. The summed E-state index contributed by atoms with van der Waals surface area (Å²) in [5.74, 6) is 1.47. The number of nitrogens with zero attached hydrogens (tertiary/aromatic N) is 5. The third-order valence-electron chi connectivity index (χ3n) is 9.71. The first kappa shape index (κ1) is 24.4. The van der Waals surface area contributed by atoms with Crippen LogP contribution in [0.5, 0.6) is 11.5 Å². The van der Waals surface area contributed by atoms with Crippen LogP contribution in [-0.2, 0) is 6.37 Å². The summed E-state index contributed by atoms with van der Waals surface area (Å²) in [5.41, 5.74) is 3.23. The number of imidazole rings is 1. The van der Waals surface area contributed by atoms with Gasteiger partial charge in [0, 0.05) is 32.0 Å². The van der Waals surface area contributed by atoms with Gasteiger partial charge >= 0.3 is 0 Å². The van der Waals surface area contributed by atoms with Crippen LogP contribution in [0.4, 0.5) is 0 Å². The van der Waals surface area contributed by atoms with Crippen LogP contribution in [0, 0.1) is 11.7 Å². The minimum Gasteiger partial charge on any atom is -0.458 e. The van der Waals surface area contributed by atoms with Gasteiger partial charge in [0.25, 0.3) is 6.33 Å². The normalized spacial score (nSPS) is 14.9. The van der Waals surface area contributed by atoms with Crippen molar-refractivity contribution >= 4 is 32.8 Å². The largest absolute Gasteiger partial charge is 0.458 e. The molecule has 0 saturated heterocycles. The van der Waals surface area contributed by atoms with Crippen LogP contribution in [0.2, 0.25) is 0 Å². The van der Waals surface area contributed by atoms with E-state index in [1.807, 2.05) is 79.9 Å². The second-order valence-corrected chi connectivity index (χ2v) is 14.7. The van der Waals surface area contributed by atoms with E-state index in [1.165, 1.54) is 0 Å². The van der Waals surface area contributed by atoms with E-state index in [9.17, 15) is 0 Å². The number of ether oxygens (including phenoxy) is 1. The molecule has 0 aliphatic carbocycles. The highest BCUT2D eigenvalue weighted by Gasteiger charge is 2.21. The van der Waals surface area contributed by atoms with Crippen molar-refractivity contribution in [3.05, 3.63) is 194 Å². The zero-order valence-electron chi connectivity index (χ0n) is 43.7. The van der Waals surface area contributed by atoms with Crippen LogP contribution in [0.1, 0.15) is 42.8 Å². The Labute approximate surface area is 354 Å². The lowest BCUT2D eigenvalue weighted by Gasteiger charge is -2.18. The SMILES string of the molecule is [2H]c1c([2H])c([2H])c(-c2cccc(-c3c([2H])c([2H])c([2H])c([2H])c3[2H])c2-[n+]2[c-]n(-c3cccc(Oc4ccc5c6ccncc6n(-c6cc(C([2H])([2H])C(C)(C)C)ccn6)c5c4)c3)c3ccccc32)c([2H])c1[2H]. The molecule has 0 radical (unpaired) electrons. The molecule has 0 atom stereocenters. The summed E-state index contributed by atoms with van der Waals surface area (Å²) in [6.07, 6.45) is 6.84. The molecule has 10 rings (SSSR count). The van der Waals surface area contributed by atoms with Gasteiger partial charge in [0.1, 0.15) is 17.3 Å². The van der Waals surface area contributed by atoms with Crippen LogP contribution >= 0.6 is 0 Å². The fourth-order valence-electron chi connectivity index (χ4n) is 7.40. The van der Waals surface area contributed by atoms with E-state index in [0.717, 1.165) is 21.8 Å². The van der Waals surface area contributed by atoms with E-state index in [0.29, 0.717) is 39.6 Å². The first-order valence-corrected chi connectivity index (χ1v) is 18.7. The lowest BCUT2D eigenvalue weighted by molar-refractivity contribution is -0.571. The minimum atomic E-state index is -1.66. The average Bonchev–Trinajstić information content (AvgIpc) is 3.90. The molecule has 10 aromatic rings. The van der Waals surface area contributed by atoms with Gasteiger partial charge in [-0.3, -0.25) is 18.7 Å². The van der Waals surface area contributed by atoms with Gasteiger partial charge in [0.15, 0.2) is 0 Å². The molecule has 6 heteroatoms. The van der Waals surface area contributed by atoms with Crippen molar-refractivity contribution in [3.8, 4) is 50.9 Å². The Balaban J connectivity index is 1.13. The van der Waals surface area contributed by atoms with Gasteiger partial charge in [-0.25, -0.2) is 4.98 Å². The number of pyridine rings is 2. The Morgan fingerprint density at radius 3 is 2.16 bits per heavy atom. The van der Waals surface area contributed by atoms with Crippen molar-refractivity contribution in [2.75, 3.05) is 0 Å². The number of fused-ring (bicyclic) bond motifs is 4. The third kappa shape index (κ3) is 6.48. The topological polar surface area (TPSA) is 48.8 Å². The van der Waals surface area contributed by atoms with Gasteiger partial charge in [-0.15, -0.1) is 0 Å². The summed E-state index contributed by atoms with van der Waals surface area (Å²) >= 11 is 0. The summed E-state index contributed by atoms with van der Waals surface area (Å²) < 4.78 is 117. The Morgan fingerprint density at radius 2 is 1.40 bits per heavy atom. The van der Waals surface area contributed by atoms with Gasteiger partial charge in [0.05, 0.1) is 53.3 Å². The highest BCUT2D eigenvalue weighted by atomic mass is 16.5. The van der Waals surface area contributed by atoms with Crippen molar-refractivity contribution < 1.29 is 25.8 Å². The molecular weight excluding hydrogens is 711 g/mol. The number of benzene rings is 6. The number of hydrogen-bond acceptors (Lipinski definition) is 3. The second-order valence-electron chi connectivity index (χ2n) is 14.7. The van der Waals surface area contributed by atoms with Crippen molar-refractivity contribution in [1.82, 2.24) is 19.1 Å². The van der Waals surface area contributed by atoms with E-state index < -0.39 is 72.2 Å². The molecule has 0 bridgehead atoms. The van der Waals surface area contributed by atoms with Crippen LogP contribution in [0.3, 0.4) is 0 Å². The van der Waals surface area contributed by atoms with Gasteiger partial charge < -0.3 is 4.74 Å². The van der Waals surface area contributed by atoms with E-state index in [4.69, 9.17) is 26.2 Å². The zero-order chi connectivity index (χ0) is 49.7. The van der Waals surface area contributed by atoms with E-state index in [2.05, 4.69) is 11.3 Å². The molecule has 280 valence electrons. The standard InChI is InChI=1S/C52H41N5O/c1-52(2,3)33-36-26-29-54-50(30-36)57-48-32-41(24-25-44(48)45-27-28-53-34-49(45)57)58-40-19-12-18-39(31-40)55-35-56(47-23-11-10-22-46(47)55)51-42(37-14-6-4-7-15-37)20-13-21-43(51)38-16-8-5-9-17-38/h4-32,34H,33H2,1-3H3/i4D,5D,6D,7D,8D,9D,14D,15D,16D,17D,33D2. The predicted octanol–water partition coefficient (Wildman–Crippen LogP) is 12.3. The molecule has 58 heavy (non-hydrogen) atoms. The molecule has 4 heterocycles. The van der Waals surface area contributed by atoms with Crippen LogP contribution < -0.4 is 9.30 Å². The van der Waals surface area contributed by atoms with E-state index in [1.54, 1.807) is 76.3 Å². The zero-order valence-corrected chi connectivity index (χ0v) is 31.7.